The van der Waals surface area contributed by atoms with Gasteiger partial charge in [0, 0.05) is 24.1 Å². The second-order valence-corrected chi connectivity index (χ2v) is 4.10. The number of fused-ring (bicyclic) bond motifs is 1. The lowest BCUT2D eigenvalue weighted by Crippen LogP contribution is -2.00. The van der Waals surface area contributed by atoms with Crippen molar-refractivity contribution in [3.63, 3.8) is 0 Å². The van der Waals surface area contributed by atoms with Crippen molar-refractivity contribution in [1.29, 1.82) is 0 Å². The number of hydrogen-bond acceptors (Lipinski definition) is 3. The van der Waals surface area contributed by atoms with Crippen molar-refractivity contribution in [3.05, 3.63) is 34.7 Å². The van der Waals surface area contributed by atoms with E-state index in [0.29, 0.717) is 17.9 Å². The maximum absolute atomic E-state index is 8.78. The Balaban J connectivity index is 2.52. The third-order valence-electron chi connectivity index (χ3n) is 2.47. The first-order valence-electron chi connectivity index (χ1n) is 5.25. The standard InChI is InChI=1S/C12H13ClN2O/c1-8-9-4-2-5-10(13)12(9)15-11(14-8)6-3-7-16/h2,4-5,16H,3,6-7H2,1H3. The Bertz CT molecular complexity index is 514. The molecule has 0 saturated carbocycles. The molecule has 0 atom stereocenters. The molecule has 1 aromatic carbocycles. The molecule has 4 heteroatoms. The smallest absolute Gasteiger partial charge is 0.129 e. The normalized spacial score (nSPS) is 10.9. The maximum Gasteiger partial charge on any atom is 0.129 e. The van der Waals surface area contributed by atoms with Crippen LogP contribution < -0.4 is 0 Å². The van der Waals surface area contributed by atoms with Crippen LogP contribution in [0.25, 0.3) is 10.9 Å². The molecule has 16 heavy (non-hydrogen) atoms. The van der Waals surface area contributed by atoms with Crippen LogP contribution in [0.1, 0.15) is 17.9 Å². The summed E-state index contributed by atoms with van der Waals surface area (Å²) in [5.41, 5.74) is 1.73. The zero-order valence-corrected chi connectivity index (χ0v) is 9.83. The van der Waals surface area contributed by atoms with Gasteiger partial charge < -0.3 is 5.11 Å². The molecule has 0 amide bonds. The summed E-state index contributed by atoms with van der Waals surface area (Å²) in [4.78, 5) is 8.82. The predicted octanol–water partition coefficient (Wildman–Crippen LogP) is 2.52. The molecule has 0 saturated heterocycles. The number of halogens is 1. The molecular formula is C12H13ClN2O. The van der Waals surface area contributed by atoms with Gasteiger partial charge in [-0.25, -0.2) is 9.97 Å². The van der Waals surface area contributed by atoms with Crippen LogP contribution in [0.2, 0.25) is 5.02 Å². The molecule has 0 bridgehead atoms. The topological polar surface area (TPSA) is 46.0 Å². The van der Waals surface area contributed by atoms with Gasteiger partial charge in [-0.3, -0.25) is 0 Å². The highest BCUT2D eigenvalue weighted by Gasteiger charge is 2.06. The van der Waals surface area contributed by atoms with Gasteiger partial charge in [0.15, 0.2) is 0 Å². The lowest BCUT2D eigenvalue weighted by atomic mass is 10.2. The second kappa shape index (κ2) is 4.76. The zero-order valence-electron chi connectivity index (χ0n) is 9.07. The summed E-state index contributed by atoms with van der Waals surface area (Å²) in [5, 5.41) is 10.4. The minimum atomic E-state index is 0.156. The number of aryl methyl sites for hydroxylation is 2. The molecule has 3 nitrogen and oxygen atoms in total. The quantitative estimate of drug-likeness (QED) is 0.891. The average Bonchev–Trinajstić information content (AvgIpc) is 2.28. The summed E-state index contributed by atoms with van der Waals surface area (Å²) >= 11 is 6.10. The van der Waals surface area contributed by atoms with Crippen molar-refractivity contribution in [1.82, 2.24) is 9.97 Å². The van der Waals surface area contributed by atoms with Crippen LogP contribution in [0.15, 0.2) is 18.2 Å². The van der Waals surface area contributed by atoms with Crippen LogP contribution in [0, 0.1) is 6.92 Å². The molecule has 1 N–H and O–H groups in total. The van der Waals surface area contributed by atoms with Gasteiger partial charge in [0.25, 0.3) is 0 Å². The summed E-state index contributed by atoms with van der Waals surface area (Å²) in [6, 6.07) is 5.69. The monoisotopic (exact) mass is 236 g/mol. The first-order valence-corrected chi connectivity index (χ1v) is 5.63. The largest absolute Gasteiger partial charge is 0.396 e. The van der Waals surface area contributed by atoms with Crippen molar-refractivity contribution < 1.29 is 5.11 Å². The lowest BCUT2D eigenvalue weighted by molar-refractivity contribution is 0.287. The van der Waals surface area contributed by atoms with E-state index in [2.05, 4.69) is 9.97 Å². The number of aliphatic hydroxyl groups is 1. The minimum Gasteiger partial charge on any atom is -0.396 e. The molecule has 0 aliphatic rings. The van der Waals surface area contributed by atoms with Gasteiger partial charge in [-0.1, -0.05) is 23.7 Å². The Kier molecular flexibility index (Phi) is 3.36. The molecule has 0 unspecified atom stereocenters. The lowest BCUT2D eigenvalue weighted by Gasteiger charge is -2.06. The number of aliphatic hydroxyl groups excluding tert-OH is 1. The Morgan fingerprint density at radius 2 is 2.12 bits per heavy atom. The highest BCUT2D eigenvalue weighted by molar-refractivity contribution is 6.35. The van der Waals surface area contributed by atoms with Crippen molar-refractivity contribution in [2.24, 2.45) is 0 Å². The Hall–Kier alpha value is -1.19. The molecule has 84 valence electrons. The van der Waals surface area contributed by atoms with Crippen molar-refractivity contribution in [2.45, 2.75) is 19.8 Å². The number of benzene rings is 1. The molecule has 1 heterocycles. The van der Waals surface area contributed by atoms with E-state index in [1.807, 2.05) is 25.1 Å². The SMILES string of the molecule is Cc1nc(CCCO)nc2c(Cl)cccc12. The van der Waals surface area contributed by atoms with Crippen LogP contribution in [-0.4, -0.2) is 21.7 Å². The van der Waals surface area contributed by atoms with Crippen LogP contribution >= 0.6 is 11.6 Å². The van der Waals surface area contributed by atoms with Gasteiger partial charge >= 0.3 is 0 Å². The van der Waals surface area contributed by atoms with Crippen LogP contribution in [0.3, 0.4) is 0 Å². The molecular weight excluding hydrogens is 224 g/mol. The summed E-state index contributed by atoms with van der Waals surface area (Å²) in [5.74, 6) is 0.743. The Labute approximate surface area is 99.1 Å². The number of nitrogens with zero attached hydrogens (tertiary/aromatic N) is 2. The van der Waals surface area contributed by atoms with E-state index in [9.17, 15) is 0 Å². The molecule has 2 aromatic rings. The van der Waals surface area contributed by atoms with E-state index in [4.69, 9.17) is 16.7 Å². The molecule has 0 aliphatic carbocycles. The molecule has 0 aliphatic heterocycles. The van der Waals surface area contributed by atoms with E-state index in [1.54, 1.807) is 0 Å². The highest BCUT2D eigenvalue weighted by atomic mass is 35.5. The van der Waals surface area contributed by atoms with E-state index in [0.717, 1.165) is 22.4 Å². The highest BCUT2D eigenvalue weighted by Crippen LogP contribution is 2.23. The fourth-order valence-corrected chi connectivity index (χ4v) is 1.89. The minimum absolute atomic E-state index is 0.156. The van der Waals surface area contributed by atoms with Gasteiger partial charge in [-0.15, -0.1) is 0 Å². The van der Waals surface area contributed by atoms with E-state index in [-0.39, 0.29) is 6.61 Å². The van der Waals surface area contributed by atoms with Gasteiger partial charge in [-0.05, 0) is 19.4 Å². The van der Waals surface area contributed by atoms with Crippen LogP contribution in [0.4, 0.5) is 0 Å². The second-order valence-electron chi connectivity index (χ2n) is 3.69. The fourth-order valence-electron chi connectivity index (χ4n) is 1.68. The number of rotatable bonds is 3. The van der Waals surface area contributed by atoms with E-state index < -0.39 is 0 Å². The van der Waals surface area contributed by atoms with Crippen LogP contribution in [-0.2, 0) is 6.42 Å². The molecule has 0 fully saturated rings. The van der Waals surface area contributed by atoms with E-state index >= 15 is 0 Å². The zero-order chi connectivity index (χ0) is 11.5. The molecule has 0 radical (unpaired) electrons. The van der Waals surface area contributed by atoms with Crippen molar-refractivity contribution >= 4 is 22.5 Å². The average molecular weight is 237 g/mol. The number of hydrogen-bond donors (Lipinski definition) is 1. The third-order valence-corrected chi connectivity index (χ3v) is 2.78. The first kappa shape index (κ1) is 11.3. The molecule has 2 rings (SSSR count). The first-order chi connectivity index (χ1) is 7.72. The summed E-state index contributed by atoms with van der Waals surface area (Å²) < 4.78 is 0. The van der Waals surface area contributed by atoms with Crippen LogP contribution in [0.5, 0.6) is 0 Å². The fraction of sp³-hybridized carbons (Fsp3) is 0.333. The van der Waals surface area contributed by atoms with Gasteiger partial charge in [0.1, 0.15) is 5.82 Å². The Morgan fingerprint density at radius 3 is 2.88 bits per heavy atom. The van der Waals surface area contributed by atoms with E-state index in [1.165, 1.54) is 0 Å². The van der Waals surface area contributed by atoms with Gasteiger partial charge in [0.05, 0.1) is 10.5 Å². The molecule has 0 spiro atoms. The summed E-state index contributed by atoms with van der Waals surface area (Å²) in [6.07, 6.45) is 1.36. The molecule has 1 aromatic heterocycles. The predicted molar refractivity (Wildman–Crippen MR) is 64.7 cm³/mol. The Morgan fingerprint density at radius 1 is 1.31 bits per heavy atom. The number of para-hydroxylation sites is 1. The van der Waals surface area contributed by atoms with Gasteiger partial charge in [-0.2, -0.15) is 0 Å². The van der Waals surface area contributed by atoms with Crippen molar-refractivity contribution in [2.75, 3.05) is 6.61 Å². The maximum atomic E-state index is 8.78. The third kappa shape index (κ3) is 2.15. The number of aromatic nitrogens is 2. The van der Waals surface area contributed by atoms with Gasteiger partial charge in [0.2, 0.25) is 0 Å². The summed E-state index contributed by atoms with van der Waals surface area (Å²) in [7, 11) is 0. The summed E-state index contributed by atoms with van der Waals surface area (Å²) in [6.45, 7) is 2.10. The van der Waals surface area contributed by atoms with Crippen molar-refractivity contribution in [3.8, 4) is 0 Å².